The van der Waals surface area contributed by atoms with Crippen molar-refractivity contribution >= 4 is 11.3 Å². The first-order valence-corrected chi connectivity index (χ1v) is 7.91. The van der Waals surface area contributed by atoms with E-state index in [4.69, 9.17) is 4.74 Å². The van der Waals surface area contributed by atoms with Crippen LogP contribution in [0.5, 0.6) is 5.75 Å². The quantitative estimate of drug-likeness (QED) is 0.859. The van der Waals surface area contributed by atoms with Gasteiger partial charge in [0.2, 0.25) is 0 Å². The molecule has 2 aromatic rings. The van der Waals surface area contributed by atoms with Crippen molar-refractivity contribution in [1.29, 1.82) is 0 Å². The fourth-order valence-electron chi connectivity index (χ4n) is 2.12. The van der Waals surface area contributed by atoms with Crippen LogP contribution in [0, 0.1) is 0 Å². The van der Waals surface area contributed by atoms with Gasteiger partial charge in [0.1, 0.15) is 5.75 Å². The number of thiazole rings is 1. The zero-order valence-electron chi connectivity index (χ0n) is 12.5. The monoisotopic (exact) mass is 290 g/mol. The molecular formula is C16H22N2OS. The van der Waals surface area contributed by atoms with Gasteiger partial charge in [-0.25, -0.2) is 4.98 Å². The van der Waals surface area contributed by atoms with Crippen molar-refractivity contribution in [3.8, 4) is 5.75 Å². The molecule has 20 heavy (non-hydrogen) atoms. The first kappa shape index (κ1) is 15.0. The largest absolute Gasteiger partial charge is 0.491 e. The highest BCUT2D eigenvalue weighted by molar-refractivity contribution is 7.07. The number of nitrogens with one attached hydrogen (secondary N) is 1. The molecule has 2 atom stereocenters. The van der Waals surface area contributed by atoms with Crippen LogP contribution in [0.25, 0.3) is 0 Å². The summed E-state index contributed by atoms with van der Waals surface area (Å²) in [6.45, 7) is 8.38. The maximum atomic E-state index is 5.74. The molecule has 0 bridgehead atoms. The van der Waals surface area contributed by atoms with Gasteiger partial charge in [-0.3, -0.25) is 0 Å². The molecule has 4 heteroatoms. The highest BCUT2D eigenvalue weighted by Crippen LogP contribution is 2.23. The van der Waals surface area contributed by atoms with Gasteiger partial charge < -0.3 is 10.1 Å². The van der Waals surface area contributed by atoms with Crippen LogP contribution in [-0.4, -0.2) is 11.1 Å². The summed E-state index contributed by atoms with van der Waals surface area (Å²) in [4.78, 5) is 4.35. The molecule has 0 saturated carbocycles. The minimum atomic E-state index is 0.197. The van der Waals surface area contributed by atoms with Gasteiger partial charge in [0.15, 0.2) is 0 Å². The molecular weight excluding hydrogens is 268 g/mol. The number of ether oxygens (including phenoxy) is 1. The normalized spacial score (nSPS) is 14.2. The molecule has 0 fully saturated rings. The second-order valence-electron chi connectivity index (χ2n) is 5.26. The standard InChI is InChI=1S/C16H22N2OS/c1-11(2)19-15-7-5-6-14(8-15)12(3)18-13(4)16-9-20-10-17-16/h5-13,18H,1-4H3. The summed E-state index contributed by atoms with van der Waals surface area (Å²) in [5, 5.41) is 5.65. The molecule has 108 valence electrons. The van der Waals surface area contributed by atoms with Crippen molar-refractivity contribution in [2.45, 2.75) is 45.9 Å². The lowest BCUT2D eigenvalue weighted by molar-refractivity contribution is 0.242. The average molecular weight is 290 g/mol. The van der Waals surface area contributed by atoms with Gasteiger partial charge in [-0.05, 0) is 45.4 Å². The van der Waals surface area contributed by atoms with Crippen molar-refractivity contribution in [3.63, 3.8) is 0 Å². The highest BCUT2D eigenvalue weighted by Gasteiger charge is 2.13. The van der Waals surface area contributed by atoms with Crippen LogP contribution in [0.4, 0.5) is 0 Å². The van der Waals surface area contributed by atoms with Gasteiger partial charge in [-0.1, -0.05) is 12.1 Å². The minimum absolute atomic E-state index is 0.197. The van der Waals surface area contributed by atoms with Crippen molar-refractivity contribution in [1.82, 2.24) is 10.3 Å². The van der Waals surface area contributed by atoms with E-state index in [0.717, 1.165) is 11.4 Å². The Kier molecular flexibility index (Phi) is 5.15. The SMILES string of the molecule is CC(C)Oc1cccc(C(C)NC(C)c2cscn2)c1. The van der Waals surface area contributed by atoms with E-state index in [1.165, 1.54) is 5.56 Å². The molecule has 0 radical (unpaired) electrons. The van der Waals surface area contributed by atoms with Crippen molar-refractivity contribution in [2.75, 3.05) is 0 Å². The number of aromatic nitrogens is 1. The molecule has 1 heterocycles. The summed E-state index contributed by atoms with van der Waals surface area (Å²) < 4.78 is 5.74. The third-order valence-electron chi connectivity index (χ3n) is 3.12. The van der Waals surface area contributed by atoms with E-state index in [2.05, 4.69) is 41.7 Å². The number of nitrogens with zero attached hydrogens (tertiary/aromatic N) is 1. The smallest absolute Gasteiger partial charge is 0.120 e. The second-order valence-corrected chi connectivity index (χ2v) is 5.98. The lowest BCUT2D eigenvalue weighted by Gasteiger charge is -2.20. The molecule has 1 aromatic heterocycles. The fourth-order valence-corrected chi connectivity index (χ4v) is 2.77. The number of hydrogen-bond donors (Lipinski definition) is 1. The first-order chi connectivity index (χ1) is 9.56. The maximum absolute atomic E-state index is 5.74. The predicted molar refractivity (Wildman–Crippen MR) is 84.3 cm³/mol. The molecule has 0 aliphatic heterocycles. The van der Waals surface area contributed by atoms with Crippen molar-refractivity contribution in [2.24, 2.45) is 0 Å². The highest BCUT2D eigenvalue weighted by atomic mass is 32.1. The molecule has 1 aromatic carbocycles. The van der Waals surface area contributed by atoms with Crippen LogP contribution in [0.1, 0.15) is 51.0 Å². The van der Waals surface area contributed by atoms with E-state index in [1.807, 2.05) is 31.5 Å². The Morgan fingerprint density at radius 2 is 1.95 bits per heavy atom. The summed E-state index contributed by atoms with van der Waals surface area (Å²) >= 11 is 1.63. The summed E-state index contributed by atoms with van der Waals surface area (Å²) in [5.74, 6) is 0.924. The Bertz CT molecular complexity index is 525. The van der Waals surface area contributed by atoms with Gasteiger partial charge in [0.25, 0.3) is 0 Å². The molecule has 2 rings (SSSR count). The molecule has 1 N–H and O–H groups in total. The Balaban J connectivity index is 2.03. The van der Waals surface area contributed by atoms with Gasteiger partial charge in [0, 0.05) is 17.5 Å². The zero-order chi connectivity index (χ0) is 14.5. The van der Waals surface area contributed by atoms with Crippen LogP contribution in [0.2, 0.25) is 0 Å². The van der Waals surface area contributed by atoms with E-state index < -0.39 is 0 Å². The zero-order valence-corrected chi connectivity index (χ0v) is 13.3. The topological polar surface area (TPSA) is 34.1 Å². The summed E-state index contributed by atoms with van der Waals surface area (Å²) in [5.41, 5.74) is 4.19. The van der Waals surface area contributed by atoms with Crippen LogP contribution in [0.15, 0.2) is 35.2 Å². The van der Waals surface area contributed by atoms with Gasteiger partial charge in [-0.15, -0.1) is 11.3 Å². The Morgan fingerprint density at radius 3 is 2.60 bits per heavy atom. The molecule has 3 nitrogen and oxygen atoms in total. The van der Waals surface area contributed by atoms with Crippen LogP contribution < -0.4 is 10.1 Å². The number of rotatable bonds is 6. The fraction of sp³-hybridized carbons (Fsp3) is 0.438. The maximum Gasteiger partial charge on any atom is 0.120 e. The molecule has 0 spiro atoms. The molecule has 0 aliphatic rings. The van der Waals surface area contributed by atoms with Crippen LogP contribution in [0.3, 0.4) is 0 Å². The van der Waals surface area contributed by atoms with Crippen molar-refractivity contribution in [3.05, 3.63) is 46.4 Å². The van der Waals surface area contributed by atoms with Gasteiger partial charge >= 0.3 is 0 Å². The molecule has 0 aliphatic carbocycles. The third-order valence-corrected chi connectivity index (χ3v) is 3.73. The number of hydrogen-bond acceptors (Lipinski definition) is 4. The second kappa shape index (κ2) is 6.86. The van der Waals surface area contributed by atoms with E-state index in [0.29, 0.717) is 0 Å². The first-order valence-electron chi connectivity index (χ1n) is 6.97. The van der Waals surface area contributed by atoms with Crippen LogP contribution in [-0.2, 0) is 0 Å². The third kappa shape index (κ3) is 4.05. The molecule has 0 amide bonds. The van der Waals surface area contributed by atoms with E-state index in [1.54, 1.807) is 11.3 Å². The van der Waals surface area contributed by atoms with Gasteiger partial charge in [-0.2, -0.15) is 0 Å². The number of benzene rings is 1. The van der Waals surface area contributed by atoms with E-state index >= 15 is 0 Å². The molecule has 2 unspecified atom stereocenters. The van der Waals surface area contributed by atoms with Crippen LogP contribution >= 0.6 is 11.3 Å². The molecule has 0 saturated heterocycles. The lowest BCUT2D eigenvalue weighted by Crippen LogP contribution is -2.22. The van der Waals surface area contributed by atoms with E-state index in [9.17, 15) is 0 Å². The van der Waals surface area contributed by atoms with Gasteiger partial charge in [0.05, 0.1) is 17.3 Å². The Morgan fingerprint density at radius 1 is 1.15 bits per heavy atom. The lowest BCUT2D eigenvalue weighted by atomic mass is 10.1. The minimum Gasteiger partial charge on any atom is -0.491 e. The summed E-state index contributed by atoms with van der Waals surface area (Å²) in [7, 11) is 0. The average Bonchev–Trinajstić information content (AvgIpc) is 2.92. The van der Waals surface area contributed by atoms with Crippen molar-refractivity contribution < 1.29 is 4.74 Å². The Hall–Kier alpha value is -1.39. The summed E-state index contributed by atoms with van der Waals surface area (Å²) in [6.07, 6.45) is 0.197. The predicted octanol–water partition coefficient (Wildman–Crippen LogP) is 4.34. The Labute approximate surface area is 125 Å². The van der Waals surface area contributed by atoms with E-state index in [-0.39, 0.29) is 18.2 Å². The summed E-state index contributed by atoms with van der Waals surface area (Å²) in [6, 6.07) is 8.76.